The number of hydrogen-bond donors (Lipinski definition) is 1. The Bertz CT molecular complexity index is 185. The average Bonchev–Trinajstić information content (AvgIpc) is 2.63. The Morgan fingerprint density at radius 1 is 0.875 bits per heavy atom. The molecule has 2 heteroatoms. The lowest BCUT2D eigenvalue weighted by Gasteiger charge is -2.26. The van der Waals surface area contributed by atoms with E-state index in [1.807, 2.05) is 0 Å². The van der Waals surface area contributed by atoms with Gasteiger partial charge in [-0.25, -0.2) is 0 Å². The summed E-state index contributed by atoms with van der Waals surface area (Å²) in [6.45, 7) is 3.97. The number of hydrogen-bond acceptors (Lipinski definition) is 2. The molecule has 2 fully saturated rings. The fourth-order valence-electron chi connectivity index (χ4n) is 3.31. The van der Waals surface area contributed by atoms with Crippen LogP contribution in [0.5, 0.6) is 0 Å². The summed E-state index contributed by atoms with van der Waals surface area (Å²) in [7, 11) is 0. The van der Waals surface area contributed by atoms with Crippen molar-refractivity contribution in [2.24, 2.45) is 11.7 Å². The van der Waals surface area contributed by atoms with E-state index in [-0.39, 0.29) is 0 Å². The van der Waals surface area contributed by atoms with Gasteiger partial charge in [0.1, 0.15) is 0 Å². The summed E-state index contributed by atoms with van der Waals surface area (Å²) in [6.07, 6.45) is 12.5. The van der Waals surface area contributed by atoms with Crippen LogP contribution in [0.1, 0.15) is 57.8 Å². The van der Waals surface area contributed by atoms with Crippen LogP contribution in [0.25, 0.3) is 0 Å². The highest BCUT2D eigenvalue weighted by atomic mass is 15.1. The van der Waals surface area contributed by atoms with E-state index < -0.39 is 0 Å². The molecule has 0 aromatic rings. The third-order valence-corrected chi connectivity index (χ3v) is 4.48. The Kier molecular flexibility index (Phi) is 5.11. The maximum atomic E-state index is 6.13. The van der Waals surface area contributed by atoms with Crippen LogP contribution in [0.3, 0.4) is 0 Å². The van der Waals surface area contributed by atoms with E-state index in [2.05, 4.69) is 4.90 Å². The van der Waals surface area contributed by atoms with Gasteiger partial charge in [0.2, 0.25) is 0 Å². The normalized spacial score (nSPS) is 33.6. The monoisotopic (exact) mass is 224 g/mol. The quantitative estimate of drug-likeness (QED) is 0.798. The smallest absolute Gasteiger partial charge is 0.00676 e. The number of likely N-dealkylation sites (tertiary alicyclic amines) is 1. The highest BCUT2D eigenvalue weighted by molar-refractivity contribution is 4.81. The molecule has 0 aromatic carbocycles. The second-order valence-corrected chi connectivity index (χ2v) is 5.75. The Hall–Kier alpha value is -0.0800. The first-order valence-corrected chi connectivity index (χ1v) is 7.34. The van der Waals surface area contributed by atoms with E-state index in [1.165, 1.54) is 77.4 Å². The van der Waals surface area contributed by atoms with E-state index in [0.717, 1.165) is 5.92 Å². The summed E-state index contributed by atoms with van der Waals surface area (Å²) in [5.74, 6) is 0.824. The fraction of sp³-hybridized carbons (Fsp3) is 1.00. The average molecular weight is 224 g/mol. The summed E-state index contributed by atoms with van der Waals surface area (Å²) in [5.41, 5.74) is 6.13. The fourth-order valence-corrected chi connectivity index (χ4v) is 3.31. The first-order valence-electron chi connectivity index (χ1n) is 7.34. The van der Waals surface area contributed by atoms with Gasteiger partial charge in [-0.2, -0.15) is 0 Å². The first kappa shape index (κ1) is 12.4. The van der Waals surface area contributed by atoms with Crippen LogP contribution in [-0.2, 0) is 0 Å². The summed E-state index contributed by atoms with van der Waals surface area (Å²) in [6, 6.07) is 0.509. The number of nitrogens with two attached hydrogens (primary N) is 1. The predicted octanol–water partition coefficient (Wildman–Crippen LogP) is 2.77. The Labute approximate surface area is 101 Å². The lowest BCUT2D eigenvalue weighted by Crippen LogP contribution is -2.32. The maximum Gasteiger partial charge on any atom is 0.00676 e. The van der Waals surface area contributed by atoms with Gasteiger partial charge in [0.25, 0.3) is 0 Å². The van der Waals surface area contributed by atoms with Gasteiger partial charge in [-0.1, -0.05) is 25.7 Å². The molecule has 0 bridgehead atoms. The molecule has 2 unspecified atom stereocenters. The zero-order chi connectivity index (χ0) is 11.2. The van der Waals surface area contributed by atoms with Crippen LogP contribution in [-0.4, -0.2) is 30.6 Å². The van der Waals surface area contributed by atoms with E-state index in [1.54, 1.807) is 0 Å². The molecule has 16 heavy (non-hydrogen) atoms. The van der Waals surface area contributed by atoms with Gasteiger partial charge < -0.3 is 10.6 Å². The minimum absolute atomic E-state index is 0.509. The van der Waals surface area contributed by atoms with Gasteiger partial charge in [-0.05, 0) is 57.7 Å². The number of rotatable bonds is 3. The lowest BCUT2D eigenvalue weighted by molar-refractivity contribution is 0.226. The summed E-state index contributed by atoms with van der Waals surface area (Å²) in [4.78, 5) is 2.68. The molecule has 0 aromatic heterocycles. The summed E-state index contributed by atoms with van der Waals surface area (Å²) >= 11 is 0. The third-order valence-electron chi connectivity index (χ3n) is 4.48. The number of nitrogens with zero attached hydrogens (tertiary/aromatic N) is 1. The van der Waals surface area contributed by atoms with Crippen LogP contribution in [0, 0.1) is 5.92 Å². The minimum atomic E-state index is 0.509. The Balaban J connectivity index is 1.67. The van der Waals surface area contributed by atoms with Crippen LogP contribution in [0.15, 0.2) is 0 Å². The molecule has 1 aliphatic carbocycles. The van der Waals surface area contributed by atoms with E-state index >= 15 is 0 Å². The van der Waals surface area contributed by atoms with Gasteiger partial charge >= 0.3 is 0 Å². The molecule has 0 spiro atoms. The van der Waals surface area contributed by atoms with E-state index in [4.69, 9.17) is 5.73 Å². The third kappa shape index (κ3) is 3.74. The topological polar surface area (TPSA) is 29.3 Å². The molecule has 1 saturated heterocycles. The second kappa shape index (κ2) is 6.61. The highest BCUT2D eigenvalue weighted by Gasteiger charge is 2.24. The van der Waals surface area contributed by atoms with Gasteiger partial charge in [0.05, 0.1) is 0 Å². The van der Waals surface area contributed by atoms with Crippen molar-refractivity contribution in [3.8, 4) is 0 Å². The van der Waals surface area contributed by atoms with Gasteiger partial charge in [0.15, 0.2) is 0 Å². The predicted molar refractivity (Wildman–Crippen MR) is 69.5 cm³/mol. The van der Waals surface area contributed by atoms with Crippen LogP contribution in [0.4, 0.5) is 0 Å². The molecule has 2 rings (SSSR count). The van der Waals surface area contributed by atoms with Crippen molar-refractivity contribution in [3.05, 3.63) is 0 Å². The Morgan fingerprint density at radius 3 is 2.19 bits per heavy atom. The van der Waals surface area contributed by atoms with Gasteiger partial charge in [-0.15, -0.1) is 0 Å². The molecule has 1 saturated carbocycles. The zero-order valence-corrected chi connectivity index (χ0v) is 10.7. The van der Waals surface area contributed by atoms with Crippen molar-refractivity contribution in [2.75, 3.05) is 19.6 Å². The van der Waals surface area contributed by atoms with Crippen molar-refractivity contribution in [1.29, 1.82) is 0 Å². The molecule has 2 N–H and O–H groups in total. The molecule has 2 nitrogen and oxygen atoms in total. The van der Waals surface area contributed by atoms with Crippen molar-refractivity contribution < 1.29 is 0 Å². The SMILES string of the molecule is NC1CCCC1CCN1CCCCCCC1. The minimum Gasteiger partial charge on any atom is -0.327 e. The molecule has 0 amide bonds. The largest absolute Gasteiger partial charge is 0.327 e. The second-order valence-electron chi connectivity index (χ2n) is 5.75. The first-order chi connectivity index (χ1) is 7.86. The van der Waals surface area contributed by atoms with E-state index in [9.17, 15) is 0 Å². The van der Waals surface area contributed by atoms with Crippen LogP contribution in [0.2, 0.25) is 0 Å². The lowest BCUT2D eigenvalue weighted by atomic mass is 9.99. The summed E-state index contributed by atoms with van der Waals surface area (Å²) in [5, 5.41) is 0. The molecule has 1 heterocycles. The standard InChI is InChI=1S/C14H28N2/c15-14-8-6-7-13(14)9-12-16-10-4-2-1-3-5-11-16/h13-14H,1-12,15H2. The molecule has 0 radical (unpaired) electrons. The van der Waals surface area contributed by atoms with E-state index in [0.29, 0.717) is 6.04 Å². The highest BCUT2D eigenvalue weighted by Crippen LogP contribution is 2.27. The van der Waals surface area contributed by atoms with Crippen LogP contribution < -0.4 is 5.73 Å². The molecule has 2 aliphatic rings. The summed E-state index contributed by atoms with van der Waals surface area (Å²) < 4.78 is 0. The molecular weight excluding hydrogens is 196 g/mol. The molecule has 2 atom stereocenters. The van der Waals surface area contributed by atoms with Gasteiger partial charge in [0, 0.05) is 6.04 Å². The van der Waals surface area contributed by atoms with Crippen molar-refractivity contribution in [3.63, 3.8) is 0 Å². The maximum absolute atomic E-state index is 6.13. The zero-order valence-electron chi connectivity index (χ0n) is 10.7. The molecular formula is C14H28N2. The van der Waals surface area contributed by atoms with Gasteiger partial charge in [-0.3, -0.25) is 0 Å². The van der Waals surface area contributed by atoms with Crippen LogP contribution >= 0.6 is 0 Å². The van der Waals surface area contributed by atoms with Crippen molar-refractivity contribution in [2.45, 2.75) is 63.8 Å². The van der Waals surface area contributed by atoms with Crippen molar-refractivity contribution in [1.82, 2.24) is 4.90 Å². The molecule has 1 aliphatic heterocycles. The Morgan fingerprint density at radius 2 is 1.56 bits per heavy atom. The molecule has 94 valence electrons. The van der Waals surface area contributed by atoms with Crippen molar-refractivity contribution >= 4 is 0 Å².